The molecule has 0 aliphatic rings. The number of esters is 1. The lowest BCUT2D eigenvalue weighted by molar-refractivity contribution is -0.139. The average molecular weight is 295 g/mol. The predicted octanol–water partition coefficient (Wildman–Crippen LogP) is 0.323. The molecule has 1 aromatic carbocycles. The Kier molecular flexibility index (Phi) is 6.84. The van der Waals surface area contributed by atoms with Crippen molar-refractivity contribution < 1.29 is 24.5 Å². The lowest BCUT2D eigenvalue weighted by atomic mass is 9.99. The van der Waals surface area contributed by atoms with Crippen molar-refractivity contribution in [3.05, 3.63) is 35.4 Å². The van der Waals surface area contributed by atoms with E-state index in [4.69, 9.17) is 0 Å². The minimum absolute atomic E-state index is 0.110. The zero-order valence-corrected chi connectivity index (χ0v) is 12.2. The third-order valence-corrected chi connectivity index (χ3v) is 3.05. The van der Waals surface area contributed by atoms with Crippen molar-refractivity contribution in [2.45, 2.75) is 32.0 Å². The first-order chi connectivity index (χ1) is 9.93. The van der Waals surface area contributed by atoms with Gasteiger partial charge in [0.05, 0.1) is 19.6 Å². The van der Waals surface area contributed by atoms with Crippen LogP contribution in [0.1, 0.15) is 30.6 Å². The molecule has 2 atom stereocenters. The molecule has 6 heteroatoms. The number of aliphatic hydroxyl groups is 2. The summed E-state index contributed by atoms with van der Waals surface area (Å²) in [6.45, 7) is 1.68. The second-order valence-corrected chi connectivity index (χ2v) is 4.78. The van der Waals surface area contributed by atoms with Crippen LogP contribution >= 0.6 is 0 Å². The molecule has 1 amide bonds. The minimum Gasteiger partial charge on any atom is -0.469 e. The normalized spacial score (nSPS) is 13.3. The summed E-state index contributed by atoms with van der Waals surface area (Å²) < 4.78 is 4.59. The van der Waals surface area contributed by atoms with Gasteiger partial charge < -0.3 is 20.3 Å². The number of amides is 1. The Balaban J connectivity index is 2.64. The maximum Gasteiger partial charge on any atom is 0.309 e. The summed E-state index contributed by atoms with van der Waals surface area (Å²) in [5.74, 6) is -0.551. The van der Waals surface area contributed by atoms with Crippen LogP contribution in [0.5, 0.6) is 0 Å². The molecule has 0 saturated carbocycles. The van der Waals surface area contributed by atoms with E-state index in [1.54, 1.807) is 24.3 Å². The van der Waals surface area contributed by atoms with Crippen LogP contribution in [0.2, 0.25) is 0 Å². The molecule has 0 aliphatic heterocycles. The number of carbonyl (C=O) groups is 2. The van der Waals surface area contributed by atoms with E-state index in [2.05, 4.69) is 10.1 Å². The van der Waals surface area contributed by atoms with Gasteiger partial charge in [-0.25, -0.2) is 0 Å². The third-order valence-electron chi connectivity index (χ3n) is 3.05. The molecule has 0 aliphatic carbocycles. The quantitative estimate of drug-likeness (QED) is 0.630. The summed E-state index contributed by atoms with van der Waals surface area (Å²) >= 11 is 0. The molecular formula is C15H21NO5. The van der Waals surface area contributed by atoms with Gasteiger partial charge in [0.1, 0.15) is 6.10 Å². The highest BCUT2D eigenvalue weighted by molar-refractivity contribution is 5.73. The fourth-order valence-corrected chi connectivity index (χ4v) is 1.90. The molecule has 0 spiro atoms. The van der Waals surface area contributed by atoms with E-state index < -0.39 is 12.2 Å². The Bertz CT molecular complexity index is 489. The Hall–Kier alpha value is -1.92. The van der Waals surface area contributed by atoms with Crippen LogP contribution in [0.4, 0.5) is 0 Å². The number of benzene rings is 1. The van der Waals surface area contributed by atoms with Gasteiger partial charge in [0.15, 0.2) is 0 Å². The summed E-state index contributed by atoms with van der Waals surface area (Å²) in [7, 11) is 1.31. The van der Waals surface area contributed by atoms with Crippen molar-refractivity contribution in [2.24, 2.45) is 0 Å². The van der Waals surface area contributed by atoms with E-state index >= 15 is 0 Å². The Morgan fingerprint density at radius 1 is 1.33 bits per heavy atom. The zero-order valence-electron chi connectivity index (χ0n) is 12.2. The summed E-state index contributed by atoms with van der Waals surface area (Å²) in [6.07, 6.45) is -1.72. The van der Waals surface area contributed by atoms with Crippen molar-refractivity contribution in [3.63, 3.8) is 0 Å². The van der Waals surface area contributed by atoms with Crippen LogP contribution < -0.4 is 5.32 Å². The summed E-state index contributed by atoms with van der Waals surface area (Å²) in [5.41, 5.74) is 1.22. The number of hydrogen-bond donors (Lipinski definition) is 3. The summed E-state index contributed by atoms with van der Waals surface area (Å²) in [4.78, 5) is 22.0. The van der Waals surface area contributed by atoms with Crippen LogP contribution in [0.25, 0.3) is 0 Å². The minimum atomic E-state index is -1.07. The molecule has 2 unspecified atom stereocenters. The maximum absolute atomic E-state index is 11.2. The Labute approximate surface area is 123 Å². The molecule has 1 rings (SSSR count). The summed E-state index contributed by atoms with van der Waals surface area (Å²) in [6, 6.07) is 6.78. The van der Waals surface area contributed by atoms with Crippen LogP contribution in [0.3, 0.4) is 0 Å². The molecule has 6 nitrogen and oxygen atoms in total. The Morgan fingerprint density at radius 3 is 2.67 bits per heavy atom. The maximum atomic E-state index is 11.2. The third kappa shape index (κ3) is 5.93. The molecule has 3 N–H and O–H groups in total. The van der Waals surface area contributed by atoms with E-state index in [-0.39, 0.29) is 31.3 Å². The molecule has 0 bridgehead atoms. The summed E-state index contributed by atoms with van der Waals surface area (Å²) in [5, 5.41) is 22.6. The molecule has 0 aromatic heterocycles. The molecule has 21 heavy (non-hydrogen) atoms. The number of nitrogens with one attached hydrogen (secondary N) is 1. The van der Waals surface area contributed by atoms with Gasteiger partial charge in [-0.1, -0.05) is 24.3 Å². The second-order valence-electron chi connectivity index (χ2n) is 4.78. The van der Waals surface area contributed by atoms with Crippen molar-refractivity contribution in [2.75, 3.05) is 13.7 Å². The molecule has 0 radical (unpaired) electrons. The van der Waals surface area contributed by atoms with E-state index in [9.17, 15) is 19.8 Å². The highest BCUT2D eigenvalue weighted by Gasteiger charge is 2.18. The molecule has 1 aromatic rings. The van der Waals surface area contributed by atoms with Crippen LogP contribution in [-0.2, 0) is 20.7 Å². The largest absolute Gasteiger partial charge is 0.469 e. The monoisotopic (exact) mass is 295 g/mol. The van der Waals surface area contributed by atoms with Gasteiger partial charge in [0.25, 0.3) is 0 Å². The highest BCUT2D eigenvalue weighted by Crippen LogP contribution is 2.20. The van der Waals surface area contributed by atoms with Gasteiger partial charge in [-0.3, -0.25) is 9.59 Å². The smallest absolute Gasteiger partial charge is 0.309 e. The lowest BCUT2D eigenvalue weighted by Gasteiger charge is -2.18. The number of hydrogen-bond acceptors (Lipinski definition) is 5. The fraction of sp³-hybridized carbons (Fsp3) is 0.467. The number of methoxy groups -OCH3 is 1. The van der Waals surface area contributed by atoms with Crippen molar-refractivity contribution >= 4 is 11.9 Å². The standard InChI is InChI=1S/C15H21NO5/c1-10(17)16-7-6-13(18)15(20)12-5-3-4-11(8-12)9-14(19)21-2/h3-5,8,13,15,18,20H,6-7,9H2,1-2H3,(H,16,17). The van der Waals surface area contributed by atoms with Crippen LogP contribution in [0.15, 0.2) is 24.3 Å². The molecule has 116 valence electrons. The van der Waals surface area contributed by atoms with Crippen molar-refractivity contribution in [1.82, 2.24) is 5.32 Å². The Morgan fingerprint density at radius 2 is 2.05 bits per heavy atom. The number of carbonyl (C=O) groups excluding carboxylic acids is 2. The number of aliphatic hydroxyl groups excluding tert-OH is 2. The fourth-order valence-electron chi connectivity index (χ4n) is 1.90. The van der Waals surface area contributed by atoms with E-state index in [0.717, 1.165) is 0 Å². The van der Waals surface area contributed by atoms with E-state index in [0.29, 0.717) is 11.1 Å². The van der Waals surface area contributed by atoms with Gasteiger partial charge in [-0.05, 0) is 17.5 Å². The van der Waals surface area contributed by atoms with Gasteiger partial charge in [0.2, 0.25) is 5.91 Å². The van der Waals surface area contributed by atoms with Crippen molar-refractivity contribution in [1.29, 1.82) is 0 Å². The average Bonchev–Trinajstić information content (AvgIpc) is 2.46. The van der Waals surface area contributed by atoms with Gasteiger partial charge in [0, 0.05) is 13.5 Å². The van der Waals surface area contributed by atoms with Crippen molar-refractivity contribution in [3.8, 4) is 0 Å². The van der Waals surface area contributed by atoms with Gasteiger partial charge >= 0.3 is 5.97 Å². The molecular weight excluding hydrogens is 274 g/mol. The lowest BCUT2D eigenvalue weighted by Crippen LogP contribution is -2.27. The first kappa shape index (κ1) is 17.1. The van der Waals surface area contributed by atoms with E-state index in [1.807, 2.05) is 0 Å². The topological polar surface area (TPSA) is 95.9 Å². The van der Waals surface area contributed by atoms with E-state index in [1.165, 1.54) is 14.0 Å². The molecule has 0 fully saturated rings. The first-order valence-electron chi connectivity index (χ1n) is 6.70. The number of ether oxygens (including phenoxy) is 1. The predicted molar refractivity (Wildman–Crippen MR) is 76.4 cm³/mol. The van der Waals surface area contributed by atoms with Crippen LogP contribution in [-0.4, -0.2) is 41.8 Å². The number of rotatable bonds is 7. The van der Waals surface area contributed by atoms with Gasteiger partial charge in [-0.2, -0.15) is 0 Å². The first-order valence-corrected chi connectivity index (χ1v) is 6.70. The zero-order chi connectivity index (χ0) is 15.8. The highest BCUT2D eigenvalue weighted by atomic mass is 16.5. The molecule has 0 saturated heterocycles. The second kappa shape index (κ2) is 8.39. The SMILES string of the molecule is COC(=O)Cc1cccc(C(O)C(O)CCNC(C)=O)c1. The van der Waals surface area contributed by atoms with Gasteiger partial charge in [-0.15, -0.1) is 0 Å². The van der Waals surface area contributed by atoms with Crippen LogP contribution in [0, 0.1) is 0 Å². The molecule has 0 heterocycles.